The van der Waals surface area contributed by atoms with Crippen molar-refractivity contribution in [2.45, 2.75) is 13.0 Å². The third-order valence-corrected chi connectivity index (χ3v) is 4.01. The minimum Gasteiger partial charge on any atom is -0.375 e. The summed E-state index contributed by atoms with van der Waals surface area (Å²) >= 11 is 4.63. The minimum absolute atomic E-state index is 0.0122. The van der Waals surface area contributed by atoms with Crippen LogP contribution in [-0.2, 0) is 0 Å². The van der Waals surface area contributed by atoms with Gasteiger partial charge in [-0.1, -0.05) is 6.07 Å². The second kappa shape index (κ2) is 5.14. The van der Waals surface area contributed by atoms with Gasteiger partial charge >= 0.3 is 0 Å². The van der Waals surface area contributed by atoms with E-state index in [1.807, 2.05) is 24.4 Å². The average Bonchev–Trinajstić information content (AvgIpc) is 2.79. The third-order valence-electron chi connectivity index (χ3n) is 2.35. The standard InChI is InChI=1S/C12H10BrF2NS/c1-7(12-3-2-4-17-12)16-11-5-8(13)9(14)6-10(11)15/h2-7,16H,1H3. The SMILES string of the molecule is CC(Nc1cc(Br)c(F)cc1F)c1cccs1. The van der Waals surface area contributed by atoms with E-state index in [1.165, 1.54) is 6.07 Å². The Labute approximate surface area is 111 Å². The Balaban J connectivity index is 2.22. The topological polar surface area (TPSA) is 12.0 Å². The van der Waals surface area contributed by atoms with Crippen molar-refractivity contribution in [1.82, 2.24) is 0 Å². The van der Waals surface area contributed by atoms with Crippen LogP contribution in [0.15, 0.2) is 34.1 Å². The molecule has 0 radical (unpaired) electrons. The molecule has 0 fully saturated rings. The maximum atomic E-state index is 13.5. The van der Waals surface area contributed by atoms with Crippen molar-refractivity contribution in [2.75, 3.05) is 5.32 Å². The predicted octanol–water partition coefficient (Wildman–Crippen LogP) is 4.96. The Kier molecular flexibility index (Phi) is 3.79. The molecular weight excluding hydrogens is 308 g/mol. The molecule has 1 aromatic heterocycles. The molecule has 90 valence electrons. The zero-order valence-corrected chi connectivity index (χ0v) is 11.4. The first kappa shape index (κ1) is 12.5. The zero-order valence-electron chi connectivity index (χ0n) is 9.01. The summed E-state index contributed by atoms with van der Waals surface area (Å²) < 4.78 is 26.8. The lowest BCUT2D eigenvalue weighted by atomic mass is 10.2. The van der Waals surface area contributed by atoms with E-state index >= 15 is 0 Å². The van der Waals surface area contributed by atoms with E-state index in [2.05, 4.69) is 21.2 Å². The van der Waals surface area contributed by atoms with Gasteiger partial charge in [0.15, 0.2) is 0 Å². The van der Waals surface area contributed by atoms with Crippen molar-refractivity contribution < 1.29 is 8.78 Å². The van der Waals surface area contributed by atoms with Crippen LogP contribution in [0, 0.1) is 11.6 Å². The van der Waals surface area contributed by atoms with E-state index in [-0.39, 0.29) is 10.5 Å². The number of hydrogen-bond donors (Lipinski definition) is 1. The Morgan fingerprint density at radius 3 is 2.71 bits per heavy atom. The number of hydrogen-bond acceptors (Lipinski definition) is 2. The second-order valence-electron chi connectivity index (χ2n) is 3.63. The molecule has 0 saturated carbocycles. The Morgan fingerprint density at radius 1 is 1.29 bits per heavy atom. The first-order chi connectivity index (χ1) is 8.08. The van der Waals surface area contributed by atoms with Gasteiger partial charge in [0.1, 0.15) is 11.6 Å². The van der Waals surface area contributed by atoms with Crippen molar-refractivity contribution in [1.29, 1.82) is 0 Å². The molecule has 1 atom stereocenters. The molecule has 0 saturated heterocycles. The van der Waals surface area contributed by atoms with E-state index < -0.39 is 11.6 Å². The van der Waals surface area contributed by atoms with Gasteiger partial charge in [0.25, 0.3) is 0 Å². The predicted molar refractivity (Wildman–Crippen MR) is 70.4 cm³/mol. The Hall–Kier alpha value is -0.940. The lowest BCUT2D eigenvalue weighted by Crippen LogP contribution is -2.06. The van der Waals surface area contributed by atoms with Crippen LogP contribution in [0.2, 0.25) is 0 Å². The highest BCUT2D eigenvalue weighted by Crippen LogP contribution is 2.28. The maximum absolute atomic E-state index is 13.5. The number of anilines is 1. The van der Waals surface area contributed by atoms with Gasteiger partial charge in [0, 0.05) is 10.9 Å². The molecule has 0 aliphatic rings. The van der Waals surface area contributed by atoms with Gasteiger partial charge in [-0.05, 0) is 40.4 Å². The number of benzene rings is 1. The normalized spacial score (nSPS) is 12.5. The Bertz CT molecular complexity index is 513. The summed E-state index contributed by atoms with van der Waals surface area (Å²) in [6.07, 6.45) is 0. The third kappa shape index (κ3) is 2.84. The number of halogens is 3. The van der Waals surface area contributed by atoms with Gasteiger partial charge in [0.05, 0.1) is 16.2 Å². The molecule has 5 heteroatoms. The van der Waals surface area contributed by atoms with Gasteiger partial charge in [-0.3, -0.25) is 0 Å². The summed E-state index contributed by atoms with van der Waals surface area (Å²) in [5, 5.41) is 4.98. The molecule has 1 nitrogen and oxygen atoms in total. The molecule has 2 aromatic rings. The van der Waals surface area contributed by atoms with E-state index in [4.69, 9.17) is 0 Å². The molecule has 0 spiro atoms. The summed E-state index contributed by atoms with van der Waals surface area (Å²) in [7, 11) is 0. The molecule has 1 heterocycles. The van der Waals surface area contributed by atoms with E-state index in [0.29, 0.717) is 5.69 Å². The van der Waals surface area contributed by atoms with Crippen LogP contribution in [0.3, 0.4) is 0 Å². The van der Waals surface area contributed by atoms with Crippen LogP contribution in [-0.4, -0.2) is 0 Å². The molecule has 1 aromatic carbocycles. The van der Waals surface area contributed by atoms with Crippen molar-refractivity contribution in [2.24, 2.45) is 0 Å². The monoisotopic (exact) mass is 317 g/mol. The second-order valence-corrected chi connectivity index (χ2v) is 5.46. The largest absolute Gasteiger partial charge is 0.375 e. The van der Waals surface area contributed by atoms with Gasteiger partial charge in [-0.25, -0.2) is 8.78 Å². The molecule has 17 heavy (non-hydrogen) atoms. The van der Waals surface area contributed by atoms with E-state index in [9.17, 15) is 8.78 Å². The maximum Gasteiger partial charge on any atom is 0.149 e. The highest BCUT2D eigenvalue weighted by atomic mass is 79.9. The summed E-state index contributed by atoms with van der Waals surface area (Å²) in [5.41, 5.74) is 0.291. The van der Waals surface area contributed by atoms with E-state index in [1.54, 1.807) is 11.3 Å². The van der Waals surface area contributed by atoms with Crippen molar-refractivity contribution >= 4 is 33.0 Å². The number of thiophene rings is 1. The quantitative estimate of drug-likeness (QED) is 0.789. The van der Waals surface area contributed by atoms with Crippen molar-refractivity contribution in [3.8, 4) is 0 Å². The average molecular weight is 318 g/mol. The van der Waals surface area contributed by atoms with Gasteiger partial charge in [-0.15, -0.1) is 11.3 Å². The first-order valence-corrected chi connectivity index (χ1v) is 6.69. The summed E-state index contributed by atoms with van der Waals surface area (Å²) in [4.78, 5) is 1.10. The molecule has 1 unspecified atom stereocenters. The fraction of sp³-hybridized carbons (Fsp3) is 0.167. The van der Waals surface area contributed by atoms with Crippen LogP contribution in [0.25, 0.3) is 0 Å². The highest BCUT2D eigenvalue weighted by molar-refractivity contribution is 9.10. The first-order valence-electron chi connectivity index (χ1n) is 5.02. The van der Waals surface area contributed by atoms with Crippen molar-refractivity contribution in [3.05, 3.63) is 50.6 Å². The summed E-state index contributed by atoms with van der Waals surface area (Å²) in [6.45, 7) is 1.93. The molecule has 0 aliphatic carbocycles. The van der Waals surface area contributed by atoms with Crippen LogP contribution < -0.4 is 5.32 Å². The smallest absolute Gasteiger partial charge is 0.149 e. The summed E-state index contributed by atoms with van der Waals surface area (Å²) in [5.74, 6) is -1.19. The molecule has 2 rings (SSSR count). The number of nitrogens with one attached hydrogen (secondary N) is 1. The molecule has 0 bridgehead atoms. The molecule has 0 aliphatic heterocycles. The minimum atomic E-state index is -0.600. The molecule has 1 N–H and O–H groups in total. The van der Waals surface area contributed by atoms with Crippen LogP contribution in [0.5, 0.6) is 0 Å². The fourth-order valence-corrected chi connectivity index (χ4v) is 2.55. The van der Waals surface area contributed by atoms with Crippen LogP contribution in [0.4, 0.5) is 14.5 Å². The van der Waals surface area contributed by atoms with E-state index in [0.717, 1.165) is 10.9 Å². The summed E-state index contributed by atoms with van der Waals surface area (Å²) in [6, 6.07) is 6.18. The molecular formula is C12H10BrF2NS. The van der Waals surface area contributed by atoms with Crippen LogP contribution >= 0.6 is 27.3 Å². The lowest BCUT2D eigenvalue weighted by molar-refractivity contribution is 0.579. The van der Waals surface area contributed by atoms with Crippen molar-refractivity contribution in [3.63, 3.8) is 0 Å². The Morgan fingerprint density at radius 2 is 2.06 bits per heavy atom. The van der Waals surface area contributed by atoms with Gasteiger partial charge in [0.2, 0.25) is 0 Å². The van der Waals surface area contributed by atoms with Crippen LogP contribution in [0.1, 0.15) is 17.8 Å². The fourth-order valence-electron chi connectivity index (χ4n) is 1.48. The molecule has 0 amide bonds. The van der Waals surface area contributed by atoms with Gasteiger partial charge in [-0.2, -0.15) is 0 Å². The van der Waals surface area contributed by atoms with Gasteiger partial charge < -0.3 is 5.32 Å². The highest BCUT2D eigenvalue weighted by Gasteiger charge is 2.12. The number of rotatable bonds is 3. The zero-order chi connectivity index (χ0) is 12.4. The lowest BCUT2D eigenvalue weighted by Gasteiger charge is -2.14.